The van der Waals surface area contributed by atoms with E-state index < -0.39 is 0 Å². The highest BCUT2D eigenvalue weighted by molar-refractivity contribution is 4.88. The van der Waals surface area contributed by atoms with Crippen LogP contribution in [0.5, 0.6) is 0 Å². The van der Waals surface area contributed by atoms with Gasteiger partial charge in [0.2, 0.25) is 0 Å². The first-order valence-corrected chi connectivity index (χ1v) is 4.84. The fraction of sp³-hybridized carbons (Fsp3) is 1.00. The second kappa shape index (κ2) is 3.11. The highest BCUT2D eigenvalue weighted by atomic mass is 14.9. The molecule has 2 rings (SSSR count). The van der Waals surface area contributed by atoms with Crippen LogP contribution < -0.4 is 11.1 Å². The van der Waals surface area contributed by atoms with Crippen LogP contribution in [-0.4, -0.2) is 19.1 Å². The molecule has 0 radical (unpaired) electrons. The third-order valence-electron chi connectivity index (χ3n) is 3.34. The van der Waals surface area contributed by atoms with E-state index in [1.807, 2.05) is 0 Å². The molecule has 1 saturated heterocycles. The van der Waals surface area contributed by atoms with Crippen molar-refractivity contribution in [2.24, 2.45) is 17.6 Å². The second-order valence-corrected chi connectivity index (χ2v) is 4.01. The van der Waals surface area contributed by atoms with E-state index in [-0.39, 0.29) is 0 Å². The third-order valence-corrected chi connectivity index (χ3v) is 3.34. The third kappa shape index (κ3) is 1.42. The largest absolute Gasteiger partial charge is 0.327 e. The van der Waals surface area contributed by atoms with Crippen molar-refractivity contribution in [2.75, 3.05) is 13.1 Å². The lowest BCUT2D eigenvalue weighted by atomic mass is 9.73. The highest BCUT2D eigenvalue weighted by Gasteiger charge is 2.32. The Morgan fingerprint density at radius 2 is 2.09 bits per heavy atom. The van der Waals surface area contributed by atoms with Crippen LogP contribution >= 0.6 is 0 Å². The van der Waals surface area contributed by atoms with Gasteiger partial charge in [0.15, 0.2) is 0 Å². The summed E-state index contributed by atoms with van der Waals surface area (Å²) in [6.45, 7) is 2.39. The molecule has 0 spiro atoms. The van der Waals surface area contributed by atoms with Gasteiger partial charge in [0.25, 0.3) is 0 Å². The fourth-order valence-electron chi connectivity index (χ4n) is 2.63. The molecule has 0 aromatic heterocycles. The zero-order valence-electron chi connectivity index (χ0n) is 7.05. The summed E-state index contributed by atoms with van der Waals surface area (Å²) >= 11 is 0. The normalized spacial score (nSPS) is 45.0. The molecular weight excluding hydrogens is 136 g/mol. The Morgan fingerprint density at radius 1 is 1.18 bits per heavy atom. The Balaban J connectivity index is 1.99. The first-order chi connectivity index (χ1) is 5.38. The van der Waals surface area contributed by atoms with Crippen molar-refractivity contribution in [3.63, 3.8) is 0 Å². The monoisotopic (exact) mass is 154 g/mol. The Hall–Kier alpha value is -0.0800. The molecule has 2 heteroatoms. The van der Waals surface area contributed by atoms with Crippen molar-refractivity contribution in [3.05, 3.63) is 0 Å². The molecule has 2 nitrogen and oxygen atoms in total. The van der Waals surface area contributed by atoms with E-state index in [9.17, 15) is 0 Å². The molecular formula is C9H18N2. The molecule has 3 N–H and O–H groups in total. The minimum atomic E-state index is 0.488. The maximum absolute atomic E-state index is 6.05. The van der Waals surface area contributed by atoms with E-state index in [4.69, 9.17) is 5.73 Å². The molecule has 0 aromatic carbocycles. The van der Waals surface area contributed by atoms with Gasteiger partial charge in [-0.15, -0.1) is 0 Å². The summed E-state index contributed by atoms with van der Waals surface area (Å²) in [7, 11) is 0. The van der Waals surface area contributed by atoms with Crippen molar-refractivity contribution in [3.8, 4) is 0 Å². The second-order valence-electron chi connectivity index (χ2n) is 4.01. The number of fused-ring (bicyclic) bond motifs is 1. The number of nitrogens with two attached hydrogens (primary N) is 1. The molecule has 0 amide bonds. The SMILES string of the molecule is NC1CCCC2CCNCC12. The zero-order chi connectivity index (χ0) is 7.68. The molecule has 1 heterocycles. The molecule has 0 bridgehead atoms. The first kappa shape index (κ1) is 7.56. The van der Waals surface area contributed by atoms with Crippen LogP contribution in [0.3, 0.4) is 0 Å². The summed E-state index contributed by atoms with van der Waals surface area (Å²) in [5, 5.41) is 3.43. The molecule has 0 aromatic rings. The Labute approximate surface area is 68.5 Å². The van der Waals surface area contributed by atoms with Crippen LogP contribution in [-0.2, 0) is 0 Å². The molecule has 1 aliphatic carbocycles. The van der Waals surface area contributed by atoms with Gasteiger partial charge in [0.05, 0.1) is 0 Å². The number of rotatable bonds is 0. The van der Waals surface area contributed by atoms with Crippen LogP contribution in [0.25, 0.3) is 0 Å². The molecule has 3 atom stereocenters. The van der Waals surface area contributed by atoms with E-state index in [0.717, 1.165) is 11.8 Å². The summed E-state index contributed by atoms with van der Waals surface area (Å²) in [4.78, 5) is 0. The average molecular weight is 154 g/mol. The smallest absolute Gasteiger partial charge is 0.00819 e. The van der Waals surface area contributed by atoms with E-state index in [0.29, 0.717) is 6.04 Å². The minimum Gasteiger partial charge on any atom is -0.327 e. The van der Waals surface area contributed by atoms with Crippen LogP contribution in [0.15, 0.2) is 0 Å². The Kier molecular flexibility index (Phi) is 2.14. The van der Waals surface area contributed by atoms with Crippen molar-refractivity contribution < 1.29 is 0 Å². The van der Waals surface area contributed by atoms with E-state index >= 15 is 0 Å². The lowest BCUT2D eigenvalue weighted by molar-refractivity contribution is 0.160. The summed E-state index contributed by atoms with van der Waals surface area (Å²) in [6.07, 6.45) is 5.41. The van der Waals surface area contributed by atoms with Crippen molar-refractivity contribution >= 4 is 0 Å². The number of hydrogen-bond acceptors (Lipinski definition) is 2. The number of nitrogens with one attached hydrogen (secondary N) is 1. The Bertz CT molecular complexity index is 134. The van der Waals surface area contributed by atoms with Crippen LogP contribution in [0.1, 0.15) is 25.7 Å². The first-order valence-electron chi connectivity index (χ1n) is 4.84. The molecule has 2 fully saturated rings. The van der Waals surface area contributed by atoms with E-state index in [1.54, 1.807) is 0 Å². The maximum Gasteiger partial charge on any atom is 0.00819 e. The van der Waals surface area contributed by atoms with Gasteiger partial charge in [-0.25, -0.2) is 0 Å². The molecule has 11 heavy (non-hydrogen) atoms. The predicted molar refractivity (Wildman–Crippen MR) is 46.3 cm³/mol. The summed E-state index contributed by atoms with van der Waals surface area (Å²) in [5.41, 5.74) is 6.05. The minimum absolute atomic E-state index is 0.488. The standard InChI is InChI=1S/C9H18N2/c10-9-3-1-2-7-4-5-11-6-8(7)9/h7-9,11H,1-6,10H2. The number of hydrogen-bond donors (Lipinski definition) is 2. The van der Waals surface area contributed by atoms with Gasteiger partial charge in [-0.2, -0.15) is 0 Å². The van der Waals surface area contributed by atoms with Gasteiger partial charge in [-0.05, 0) is 44.2 Å². The zero-order valence-corrected chi connectivity index (χ0v) is 7.05. The van der Waals surface area contributed by atoms with Gasteiger partial charge in [-0.1, -0.05) is 6.42 Å². The quantitative estimate of drug-likeness (QED) is 0.539. The molecule has 1 saturated carbocycles. The maximum atomic E-state index is 6.05. The van der Waals surface area contributed by atoms with Crippen LogP contribution in [0.2, 0.25) is 0 Å². The summed E-state index contributed by atoms with van der Waals surface area (Å²) < 4.78 is 0. The van der Waals surface area contributed by atoms with E-state index in [1.165, 1.54) is 38.8 Å². The fourth-order valence-corrected chi connectivity index (χ4v) is 2.63. The highest BCUT2D eigenvalue weighted by Crippen LogP contribution is 2.32. The summed E-state index contributed by atoms with van der Waals surface area (Å²) in [6, 6.07) is 0.488. The molecule has 2 aliphatic rings. The van der Waals surface area contributed by atoms with Crippen LogP contribution in [0.4, 0.5) is 0 Å². The van der Waals surface area contributed by atoms with Gasteiger partial charge in [0.1, 0.15) is 0 Å². The summed E-state index contributed by atoms with van der Waals surface area (Å²) in [5.74, 6) is 1.73. The lowest BCUT2D eigenvalue weighted by Crippen LogP contribution is -2.48. The van der Waals surface area contributed by atoms with Gasteiger partial charge in [-0.3, -0.25) is 0 Å². The molecule has 3 unspecified atom stereocenters. The predicted octanol–water partition coefficient (Wildman–Crippen LogP) is 0.723. The van der Waals surface area contributed by atoms with Crippen LogP contribution in [0, 0.1) is 11.8 Å². The van der Waals surface area contributed by atoms with Crippen molar-refractivity contribution in [1.29, 1.82) is 0 Å². The average Bonchev–Trinajstić information content (AvgIpc) is 2.06. The number of piperidine rings is 1. The van der Waals surface area contributed by atoms with Gasteiger partial charge in [0, 0.05) is 6.04 Å². The molecule has 1 aliphatic heterocycles. The topological polar surface area (TPSA) is 38.0 Å². The van der Waals surface area contributed by atoms with Crippen molar-refractivity contribution in [1.82, 2.24) is 5.32 Å². The van der Waals surface area contributed by atoms with Gasteiger partial charge >= 0.3 is 0 Å². The Morgan fingerprint density at radius 3 is 2.91 bits per heavy atom. The van der Waals surface area contributed by atoms with Crippen molar-refractivity contribution in [2.45, 2.75) is 31.7 Å². The van der Waals surface area contributed by atoms with E-state index in [2.05, 4.69) is 5.32 Å². The lowest BCUT2D eigenvalue weighted by Gasteiger charge is -2.39. The molecule has 64 valence electrons. The van der Waals surface area contributed by atoms with Gasteiger partial charge < -0.3 is 11.1 Å².